The summed E-state index contributed by atoms with van der Waals surface area (Å²) in [6.45, 7) is 6.48. The number of carbonyl (C=O) groups is 3. The molecule has 0 heterocycles. The Kier molecular flexibility index (Phi) is 54.3. The van der Waals surface area contributed by atoms with Gasteiger partial charge in [0.1, 0.15) is 13.2 Å². The second-order valence-electron chi connectivity index (χ2n) is 19.2. The maximum absolute atomic E-state index is 12.8. The van der Waals surface area contributed by atoms with Crippen LogP contribution in [0.25, 0.3) is 0 Å². The minimum Gasteiger partial charge on any atom is -0.462 e. The van der Waals surface area contributed by atoms with Gasteiger partial charge >= 0.3 is 17.9 Å². The van der Waals surface area contributed by atoms with Crippen molar-refractivity contribution in [2.75, 3.05) is 13.2 Å². The van der Waals surface area contributed by atoms with Gasteiger partial charge in [-0.15, -0.1) is 0 Å². The average molecular weight is 962 g/mol. The summed E-state index contributed by atoms with van der Waals surface area (Å²) < 4.78 is 16.8. The molecule has 0 aromatic rings. The van der Waals surface area contributed by atoms with E-state index < -0.39 is 6.10 Å². The zero-order chi connectivity index (χ0) is 50.0. The highest BCUT2D eigenvalue weighted by atomic mass is 16.6. The van der Waals surface area contributed by atoms with Gasteiger partial charge in [-0.1, -0.05) is 241 Å². The molecule has 0 N–H and O–H groups in total. The zero-order valence-electron chi connectivity index (χ0n) is 45.3. The topological polar surface area (TPSA) is 78.9 Å². The molecule has 1 unspecified atom stereocenters. The average Bonchev–Trinajstić information content (AvgIpc) is 3.35. The molecule has 0 aliphatic carbocycles. The molecule has 0 aromatic heterocycles. The lowest BCUT2D eigenvalue weighted by Gasteiger charge is -2.18. The van der Waals surface area contributed by atoms with Crippen LogP contribution in [0.1, 0.15) is 278 Å². The minimum absolute atomic E-state index is 0.0985. The number of ether oxygens (including phenoxy) is 3. The van der Waals surface area contributed by atoms with Gasteiger partial charge in [0, 0.05) is 19.3 Å². The maximum Gasteiger partial charge on any atom is 0.306 e. The molecule has 0 saturated carbocycles. The Balaban J connectivity index is 4.46. The van der Waals surface area contributed by atoms with E-state index >= 15 is 0 Å². The van der Waals surface area contributed by atoms with Gasteiger partial charge in [-0.25, -0.2) is 0 Å². The van der Waals surface area contributed by atoms with Crippen LogP contribution in [0.5, 0.6) is 0 Å². The first-order valence-corrected chi connectivity index (χ1v) is 29.1. The molecule has 69 heavy (non-hydrogen) atoms. The number of carbonyl (C=O) groups excluding carboxylic acids is 3. The van der Waals surface area contributed by atoms with Gasteiger partial charge in [-0.3, -0.25) is 14.4 Å². The fraction of sp³-hybridized carbons (Fsp3) is 0.730. The van der Waals surface area contributed by atoms with Crippen molar-refractivity contribution in [1.82, 2.24) is 0 Å². The third kappa shape index (κ3) is 55.4. The fourth-order valence-electron chi connectivity index (χ4n) is 8.03. The number of hydrogen-bond donors (Lipinski definition) is 0. The van der Waals surface area contributed by atoms with Crippen LogP contribution >= 0.6 is 0 Å². The Morgan fingerprint density at radius 1 is 0.319 bits per heavy atom. The molecule has 0 aliphatic heterocycles. The molecule has 6 heteroatoms. The quantitative estimate of drug-likeness (QED) is 0.0199. The van der Waals surface area contributed by atoms with Gasteiger partial charge in [0.05, 0.1) is 0 Å². The summed E-state index contributed by atoms with van der Waals surface area (Å²) in [5.41, 5.74) is 0. The lowest BCUT2D eigenvalue weighted by molar-refractivity contribution is -0.167. The first-order chi connectivity index (χ1) is 34.0. The Hall–Kier alpha value is -3.41. The molecule has 6 nitrogen and oxygen atoms in total. The van der Waals surface area contributed by atoms with Gasteiger partial charge in [-0.2, -0.15) is 0 Å². The van der Waals surface area contributed by atoms with Crippen molar-refractivity contribution in [2.45, 2.75) is 284 Å². The predicted octanol–water partition coefficient (Wildman–Crippen LogP) is 19.5. The van der Waals surface area contributed by atoms with E-state index in [0.717, 1.165) is 103 Å². The highest BCUT2D eigenvalue weighted by Crippen LogP contribution is 2.15. The Labute approximate surface area is 426 Å². The highest BCUT2D eigenvalue weighted by Gasteiger charge is 2.19. The second kappa shape index (κ2) is 57.2. The van der Waals surface area contributed by atoms with Crippen LogP contribution in [0.4, 0.5) is 0 Å². The van der Waals surface area contributed by atoms with Crippen molar-refractivity contribution in [3.05, 3.63) is 85.1 Å². The molecule has 396 valence electrons. The van der Waals surface area contributed by atoms with E-state index in [1.165, 1.54) is 135 Å². The minimum atomic E-state index is -0.804. The number of esters is 3. The summed E-state index contributed by atoms with van der Waals surface area (Å²) in [4.78, 5) is 38.2. The van der Waals surface area contributed by atoms with Crippen molar-refractivity contribution in [3.8, 4) is 0 Å². The molecule has 0 aliphatic rings. The Morgan fingerprint density at radius 3 is 0.986 bits per heavy atom. The molecule has 0 aromatic carbocycles. The second-order valence-corrected chi connectivity index (χ2v) is 19.2. The van der Waals surface area contributed by atoms with Crippen LogP contribution in [-0.2, 0) is 28.6 Å². The van der Waals surface area contributed by atoms with Crippen LogP contribution in [0, 0.1) is 0 Å². The van der Waals surface area contributed by atoms with Crippen LogP contribution in [0.15, 0.2) is 85.1 Å². The fourth-order valence-corrected chi connectivity index (χ4v) is 8.03. The van der Waals surface area contributed by atoms with Crippen LogP contribution in [0.2, 0.25) is 0 Å². The number of unbranched alkanes of at least 4 members (excludes halogenated alkanes) is 29. The summed E-state index contributed by atoms with van der Waals surface area (Å²) in [5.74, 6) is -0.951. The van der Waals surface area contributed by atoms with Crippen molar-refractivity contribution in [2.24, 2.45) is 0 Å². The third-order valence-corrected chi connectivity index (χ3v) is 12.4. The Morgan fingerprint density at radius 2 is 0.609 bits per heavy atom. The monoisotopic (exact) mass is 961 g/mol. The first kappa shape index (κ1) is 65.6. The van der Waals surface area contributed by atoms with Gasteiger partial charge in [0.25, 0.3) is 0 Å². The van der Waals surface area contributed by atoms with E-state index in [1.807, 2.05) is 0 Å². The van der Waals surface area contributed by atoms with Crippen LogP contribution < -0.4 is 0 Å². The molecule has 0 bridgehead atoms. The van der Waals surface area contributed by atoms with Gasteiger partial charge < -0.3 is 14.2 Å². The maximum atomic E-state index is 12.8. The predicted molar refractivity (Wildman–Crippen MR) is 297 cm³/mol. The van der Waals surface area contributed by atoms with E-state index in [9.17, 15) is 14.4 Å². The lowest BCUT2D eigenvalue weighted by Crippen LogP contribution is -2.30. The normalized spacial score (nSPS) is 12.7. The van der Waals surface area contributed by atoms with Gasteiger partial charge in [-0.05, 0) is 103 Å². The summed E-state index contributed by atoms with van der Waals surface area (Å²) in [5, 5.41) is 0. The first-order valence-electron chi connectivity index (χ1n) is 29.1. The molecular formula is C63H108O6. The van der Waals surface area contributed by atoms with E-state index in [1.54, 1.807) is 0 Å². The molecular weight excluding hydrogens is 853 g/mol. The largest absolute Gasteiger partial charge is 0.462 e. The summed E-state index contributed by atoms with van der Waals surface area (Å²) >= 11 is 0. The number of rotatable bonds is 52. The lowest BCUT2D eigenvalue weighted by atomic mass is 10.1. The molecule has 0 spiro atoms. The van der Waals surface area contributed by atoms with Gasteiger partial charge in [0.15, 0.2) is 6.10 Å². The summed E-state index contributed by atoms with van der Waals surface area (Å²) in [6, 6.07) is 0. The molecule has 0 rings (SSSR count). The molecule has 0 amide bonds. The van der Waals surface area contributed by atoms with Crippen LogP contribution in [-0.4, -0.2) is 37.2 Å². The number of hydrogen-bond acceptors (Lipinski definition) is 6. The zero-order valence-corrected chi connectivity index (χ0v) is 45.3. The molecule has 0 radical (unpaired) electrons. The van der Waals surface area contributed by atoms with Gasteiger partial charge in [0.2, 0.25) is 0 Å². The van der Waals surface area contributed by atoms with E-state index in [2.05, 4.69) is 106 Å². The smallest absolute Gasteiger partial charge is 0.306 e. The van der Waals surface area contributed by atoms with E-state index in [0.29, 0.717) is 12.8 Å². The number of allylic oxidation sites excluding steroid dienone is 14. The molecule has 1 atom stereocenters. The summed E-state index contributed by atoms with van der Waals surface area (Å²) in [6.07, 6.45) is 74.3. The highest BCUT2D eigenvalue weighted by molar-refractivity contribution is 5.71. The molecule has 0 saturated heterocycles. The molecule has 0 fully saturated rings. The SMILES string of the molecule is CC/C=C\C/C=C\C/C=C\CCCCCCCCCCCC(=O)OCC(COC(=O)CCCCC/C=C\C=C/CCCCCCCCC)OC(=O)CCCCC/C=C\C=C/CCCCCCCCC. The van der Waals surface area contributed by atoms with Crippen molar-refractivity contribution >= 4 is 17.9 Å². The van der Waals surface area contributed by atoms with E-state index in [4.69, 9.17) is 14.2 Å². The van der Waals surface area contributed by atoms with Crippen LogP contribution in [0.3, 0.4) is 0 Å². The van der Waals surface area contributed by atoms with Crippen molar-refractivity contribution in [1.29, 1.82) is 0 Å². The Bertz CT molecular complexity index is 1330. The van der Waals surface area contributed by atoms with Crippen molar-refractivity contribution < 1.29 is 28.6 Å². The van der Waals surface area contributed by atoms with Crippen molar-refractivity contribution in [3.63, 3.8) is 0 Å². The standard InChI is InChI=1S/C63H108O6/c1-4-7-10-13-16-19-22-25-28-31-32-33-36-38-41-44-47-50-53-56-62(65)68-59-60(69-63(66)57-54-51-48-45-42-39-35-30-27-24-21-18-15-12-9-6-3)58-67-61(64)55-52-49-46-43-40-37-34-29-26-23-20-17-14-11-8-5-2/h7,10,16,19,25,28-30,34-35,37,39-40,42,60H,4-6,8-9,11-15,17-18,20-24,26-27,31-33,36,38,41,43-59H2,1-3H3/b10-7-,19-16-,28-25-,34-29-,35-30-,40-37-,42-39-. The summed E-state index contributed by atoms with van der Waals surface area (Å²) in [7, 11) is 0. The third-order valence-electron chi connectivity index (χ3n) is 12.4. The van der Waals surface area contributed by atoms with E-state index in [-0.39, 0.29) is 37.5 Å².